The summed E-state index contributed by atoms with van der Waals surface area (Å²) in [6, 6.07) is 1.52. The van der Waals surface area contributed by atoms with Gasteiger partial charge >= 0.3 is 5.97 Å². The molecule has 102 valence electrons. The molecule has 0 amide bonds. The van der Waals surface area contributed by atoms with Crippen molar-refractivity contribution in [1.82, 2.24) is 0 Å². The minimum absolute atomic E-state index is 0.171. The number of thiophene rings is 1. The molecule has 0 aliphatic rings. The number of carboxylic acid groups (broad SMARTS) is 2. The molecule has 0 aliphatic heterocycles. The van der Waals surface area contributed by atoms with Crippen LogP contribution >= 0.6 is 33.9 Å². The van der Waals surface area contributed by atoms with E-state index in [1.54, 1.807) is 0 Å². The first-order valence-corrected chi connectivity index (χ1v) is 6.53. The van der Waals surface area contributed by atoms with Crippen molar-refractivity contribution in [3.63, 3.8) is 0 Å². The number of anilines is 1. The van der Waals surface area contributed by atoms with Crippen LogP contribution < -0.4 is 15.5 Å². The fraction of sp³-hybridized carbons (Fsp3) is 0.100. The van der Waals surface area contributed by atoms with E-state index in [0.29, 0.717) is 6.20 Å². The van der Waals surface area contributed by atoms with E-state index in [0.717, 1.165) is 14.2 Å². The highest BCUT2D eigenvalue weighted by Gasteiger charge is 2.15. The lowest BCUT2D eigenvalue weighted by atomic mass is 10.3. The van der Waals surface area contributed by atoms with E-state index in [1.807, 2.05) is 22.6 Å². The summed E-state index contributed by atoms with van der Waals surface area (Å²) in [4.78, 5) is 32.4. The van der Waals surface area contributed by atoms with E-state index in [9.17, 15) is 24.6 Å². The van der Waals surface area contributed by atoms with Gasteiger partial charge in [-0.05, 0) is 28.7 Å². The number of carbonyl (C=O) groups excluding carboxylic acids is 3. The van der Waals surface area contributed by atoms with Gasteiger partial charge in [-0.1, -0.05) is 0 Å². The molecular formula is C10H6INO6S-2. The number of hydrogen-bond donors (Lipinski definition) is 1. The second-order valence-corrected chi connectivity index (χ2v) is 6.01. The van der Waals surface area contributed by atoms with Crippen LogP contribution in [0, 0.1) is 2.88 Å². The number of aliphatic carboxylic acids is 2. The van der Waals surface area contributed by atoms with E-state index >= 15 is 0 Å². The Morgan fingerprint density at radius 3 is 2.42 bits per heavy atom. The number of halogens is 1. The summed E-state index contributed by atoms with van der Waals surface area (Å²) in [5.41, 5.74) is -0.886. The van der Waals surface area contributed by atoms with Gasteiger partial charge in [-0.3, -0.25) is 0 Å². The zero-order chi connectivity index (χ0) is 14.6. The van der Waals surface area contributed by atoms with Crippen molar-refractivity contribution in [1.29, 1.82) is 0 Å². The molecule has 1 rings (SSSR count). The van der Waals surface area contributed by atoms with E-state index in [-0.39, 0.29) is 10.6 Å². The lowest BCUT2D eigenvalue weighted by Gasteiger charge is -2.10. The van der Waals surface area contributed by atoms with Gasteiger partial charge in [-0.25, -0.2) is 4.79 Å². The molecular weight excluding hydrogens is 389 g/mol. The molecule has 1 heterocycles. The average molecular weight is 395 g/mol. The molecule has 0 saturated carbocycles. The number of rotatable bonds is 5. The van der Waals surface area contributed by atoms with Crippen molar-refractivity contribution in [3.8, 4) is 0 Å². The lowest BCUT2D eigenvalue weighted by Crippen LogP contribution is -2.36. The van der Waals surface area contributed by atoms with Gasteiger partial charge in [-0.15, -0.1) is 11.3 Å². The highest BCUT2D eigenvalue weighted by atomic mass is 127. The van der Waals surface area contributed by atoms with E-state index in [1.165, 1.54) is 13.2 Å². The third-order valence-corrected chi connectivity index (χ3v) is 3.72. The zero-order valence-electron chi connectivity index (χ0n) is 9.39. The Hall–Kier alpha value is -1.62. The molecule has 1 aromatic heterocycles. The number of carboxylic acids is 2. The van der Waals surface area contributed by atoms with Crippen molar-refractivity contribution in [2.75, 3.05) is 12.4 Å². The molecule has 0 radical (unpaired) electrons. The van der Waals surface area contributed by atoms with Gasteiger partial charge in [-0.2, -0.15) is 0 Å². The van der Waals surface area contributed by atoms with Gasteiger partial charge in [0, 0.05) is 11.8 Å². The molecule has 9 heteroatoms. The van der Waals surface area contributed by atoms with Crippen molar-refractivity contribution in [3.05, 3.63) is 26.3 Å². The van der Waals surface area contributed by atoms with Crippen molar-refractivity contribution >= 4 is 56.8 Å². The quantitative estimate of drug-likeness (QED) is 0.222. The zero-order valence-corrected chi connectivity index (χ0v) is 12.4. The second-order valence-electron chi connectivity index (χ2n) is 3.06. The molecule has 0 unspecified atom stereocenters. The summed E-state index contributed by atoms with van der Waals surface area (Å²) < 4.78 is 5.27. The SMILES string of the molecule is COC(=O)c1cc(I)sc1NC=C(C(=O)[O-])C(=O)[O-]. The highest BCUT2D eigenvalue weighted by molar-refractivity contribution is 14.1. The van der Waals surface area contributed by atoms with Crippen LogP contribution in [-0.2, 0) is 14.3 Å². The first kappa shape index (κ1) is 15.4. The molecule has 0 aliphatic carbocycles. The highest BCUT2D eigenvalue weighted by Crippen LogP contribution is 2.29. The largest absolute Gasteiger partial charge is 0.545 e. The summed E-state index contributed by atoms with van der Waals surface area (Å²) in [6.45, 7) is 0. The Kier molecular flexibility index (Phi) is 5.30. The third-order valence-electron chi connectivity index (χ3n) is 1.89. The molecule has 1 N–H and O–H groups in total. The van der Waals surface area contributed by atoms with Gasteiger partial charge in [0.05, 0.1) is 27.5 Å². The number of ether oxygens (including phenoxy) is 1. The predicted molar refractivity (Wildman–Crippen MR) is 70.1 cm³/mol. The van der Waals surface area contributed by atoms with Crippen LogP contribution in [-0.4, -0.2) is 25.0 Å². The first-order valence-electron chi connectivity index (χ1n) is 4.63. The Balaban J connectivity index is 3.06. The summed E-state index contributed by atoms with van der Waals surface area (Å²) >= 11 is 3.08. The Morgan fingerprint density at radius 1 is 1.37 bits per heavy atom. The van der Waals surface area contributed by atoms with Crippen LogP contribution in [0.25, 0.3) is 0 Å². The summed E-state index contributed by atoms with van der Waals surface area (Å²) in [6.07, 6.45) is 0.693. The maximum atomic E-state index is 11.4. The normalized spacial score (nSPS) is 9.58. The van der Waals surface area contributed by atoms with Gasteiger partial charge in [0.1, 0.15) is 5.00 Å². The van der Waals surface area contributed by atoms with Crippen molar-refractivity contribution in [2.24, 2.45) is 0 Å². The minimum atomic E-state index is -1.89. The third kappa shape index (κ3) is 3.92. The number of carbonyl (C=O) groups is 3. The minimum Gasteiger partial charge on any atom is -0.545 e. The maximum Gasteiger partial charge on any atom is 0.340 e. The van der Waals surface area contributed by atoms with Crippen molar-refractivity contribution in [2.45, 2.75) is 0 Å². The number of esters is 1. The van der Waals surface area contributed by atoms with Crippen LogP contribution in [0.5, 0.6) is 0 Å². The summed E-state index contributed by atoms with van der Waals surface area (Å²) in [7, 11) is 1.19. The van der Waals surface area contributed by atoms with Gasteiger partial charge < -0.3 is 29.9 Å². The van der Waals surface area contributed by atoms with Gasteiger partial charge in [0.2, 0.25) is 0 Å². The molecule has 0 spiro atoms. The predicted octanol–water partition coefficient (Wildman–Crippen LogP) is -1.07. The average Bonchev–Trinajstić information content (AvgIpc) is 2.69. The molecule has 1 aromatic rings. The van der Waals surface area contributed by atoms with Crippen LogP contribution in [0.15, 0.2) is 17.8 Å². The first-order chi connectivity index (χ1) is 8.86. The van der Waals surface area contributed by atoms with Crippen LogP contribution in [0.2, 0.25) is 0 Å². The summed E-state index contributed by atoms with van der Waals surface area (Å²) in [5, 5.41) is 23.7. The molecule has 7 nitrogen and oxygen atoms in total. The molecule has 0 saturated heterocycles. The number of hydrogen-bond acceptors (Lipinski definition) is 8. The van der Waals surface area contributed by atoms with E-state index < -0.39 is 23.5 Å². The summed E-state index contributed by atoms with van der Waals surface area (Å²) in [5.74, 6) is -4.41. The smallest absolute Gasteiger partial charge is 0.340 e. The monoisotopic (exact) mass is 395 g/mol. The number of nitrogens with one attached hydrogen (secondary N) is 1. The van der Waals surface area contributed by atoms with Gasteiger partial charge in [0.15, 0.2) is 0 Å². The fourth-order valence-electron chi connectivity index (χ4n) is 1.07. The molecule has 0 atom stereocenters. The topological polar surface area (TPSA) is 119 Å². The molecule has 0 aromatic carbocycles. The standard InChI is InChI=1S/C10H8INO6S/c1-18-10(17)4-2-6(11)19-7(4)12-3-5(8(13)14)9(15)16/h2-3,12H,1H3,(H,13,14)(H,15,16)/p-2. The fourth-order valence-corrected chi connectivity index (χ4v) is 2.78. The number of methoxy groups -OCH3 is 1. The maximum absolute atomic E-state index is 11.4. The molecule has 0 bridgehead atoms. The lowest BCUT2D eigenvalue weighted by molar-refractivity contribution is -0.312. The second kappa shape index (κ2) is 6.52. The van der Waals surface area contributed by atoms with E-state index in [4.69, 9.17) is 0 Å². The van der Waals surface area contributed by atoms with Gasteiger partial charge in [0.25, 0.3) is 0 Å². The van der Waals surface area contributed by atoms with Crippen LogP contribution in [0.1, 0.15) is 10.4 Å². The Labute approximate surface area is 125 Å². The molecule has 19 heavy (non-hydrogen) atoms. The molecule has 0 fully saturated rings. The van der Waals surface area contributed by atoms with Crippen molar-refractivity contribution < 1.29 is 29.3 Å². The van der Waals surface area contributed by atoms with E-state index in [2.05, 4.69) is 10.1 Å². The van der Waals surface area contributed by atoms with Crippen LogP contribution in [0.4, 0.5) is 5.00 Å². The Morgan fingerprint density at radius 2 is 1.95 bits per heavy atom. The Bertz CT molecular complexity index is 548. The van der Waals surface area contributed by atoms with Crippen LogP contribution in [0.3, 0.4) is 0 Å².